The lowest BCUT2D eigenvalue weighted by Crippen LogP contribution is -2.53. The summed E-state index contributed by atoms with van der Waals surface area (Å²) in [6, 6.07) is 14.5. The van der Waals surface area contributed by atoms with Crippen LogP contribution in [0, 0.1) is 17.8 Å². The van der Waals surface area contributed by atoms with E-state index in [1.54, 1.807) is 0 Å². The van der Waals surface area contributed by atoms with Crippen LogP contribution in [0.3, 0.4) is 0 Å². The fraction of sp³-hybridized carbons (Fsp3) is 0.538. The second kappa shape index (κ2) is 8.18. The average molecular weight is 429 g/mol. The highest BCUT2D eigenvalue weighted by atomic mass is 35.5. The Kier molecular flexibility index (Phi) is 5.91. The molecule has 3 nitrogen and oxygen atoms in total. The molecule has 2 heterocycles. The van der Waals surface area contributed by atoms with Gasteiger partial charge in [-0.2, -0.15) is 0 Å². The van der Waals surface area contributed by atoms with Gasteiger partial charge < -0.3 is 14.2 Å². The van der Waals surface area contributed by atoms with E-state index >= 15 is 0 Å². The number of halogens is 1. The van der Waals surface area contributed by atoms with Gasteiger partial charge in [0.1, 0.15) is 5.75 Å². The Balaban J connectivity index is 1.66. The van der Waals surface area contributed by atoms with Crippen LogP contribution in [-0.2, 0) is 21.7 Å². The first-order valence-electron chi connectivity index (χ1n) is 11.2. The lowest BCUT2D eigenvalue weighted by Gasteiger charge is -2.49. The molecule has 162 valence electrons. The summed E-state index contributed by atoms with van der Waals surface area (Å²) in [4.78, 5) is 0. The quantitative estimate of drug-likeness (QED) is 0.518. The average Bonchev–Trinajstić information content (AvgIpc) is 3.14. The topological polar surface area (TPSA) is 27.7 Å². The molecule has 0 aliphatic carbocycles. The zero-order chi connectivity index (χ0) is 21.5. The van der Waals surface area contributed by atoms with Gasteiger partial charge in [-0.15, -0.1) is 0 Å². The van der Waals surface area contributed by atoms with E-state index in [9.17, 15) is 0 Å². The van der Waals surface area contributed by atoms with E-state index in [0.717, 1.165) is 34.7 Å². The van der Waals surface area contributed by atoms with E-state index in [4.69, 9.17) is 25.8 Å². The van der Waals surface area contributed by atoms with Gasteiger partial charge in [0.15, 0.2) is 5.79 Å². The zero-order valence-electron chi connectivity index (χ0n) is 18.7. The Morgan fingerprint density at radius 1 is 1.03 bits per heavy atom. The molecule has 0 N–H and O–H groups in total. The Labute approximate surface area is 185 Å². The summed E-state index contributed by atoms with van der Waals surface area (Å²) < 4.78 is 18.9. The molecule has 2 aliphatic rings. The maximum atomic E-state index is 6.81. The molecule has 30 heavy (non-hydrogen) atoms. The molecule has 2 saturated heterocycles. The highest BCUT2D eigenvalue weighted by Gasteiger charge is 2.62. The van der Waals surface area contributed by atoms with E-state index < -0.39 is 5.79 Å². The molecule has 2 aromatic carbocycles. The van der Waals surface area contributed by atoms with E-state index in [1.807, 2.05) is 25.1 Å². The normalized spacial score (nSPS) is 32.9. The van der Waals surface area contributed by atoms with Crippen LogP contribution >= 0.6 is 11.6 Å². The van der Waals surface area contributed by atoms with Crippen molar-refractivity contribution in [3.63, 3.8) is 0 Å². The van der Waals surface area contributed by atoms with Crippen LogP contribution in [0.4, 0.5) is 0 Å². The molecule has 2 bridgehead atoms. The maximum Gasteiger partial charge on any atom is 0.198 e. The molecule has 2 aliphatic heterocycles. The Bertz CT molecular complexity index is 896. The second-order valence-corrected chi connectivity index (χ2v) is 9.38. The summed E-state index contributed by atoms with van der Waals surface area (Å²) in [5.74, 6) is 1.42. The van der Waals surface area contributed by atoms with Crippen molar-refractivity contribution in [3.05, 3.63) is 64.2 Å². The third kappa shape index (κ3) is 3.45. The van der Waals surface area contributed by atoms with Crippen molar-refractivity contribution in [1.29, 1.82) is 0 Å². The maximum absolute atomic E-state index is 6.81. The van der Waals surface area contributed by atoms with Gasteiger partial charge >= 0.3 is 0 Å². The highest BCUT2D eigenvalue weighted by Crippen LogP contribution is 2.58. The van der Waals surface area contributed by atoms with Gasteiger partial charge in [0.25, 0.3) is 0 Å². The van der Waals surface area contributed by atoms with Crippen molar-refractivity contribution < 1.29 is 14.2 Å². The second-order valence-electron chi connectivity index (χ2n) is 8.97. The van der Waals surface area contributed by atoms with Crippen LogP contribution in [0.1, 0.15) is 57.7 Å². The lowest BCUT2D eigenvalue weighted by atomic mass is 9.68. The zero-order valence-corrected chi connectivity index (χ0v) is 19.5. The third-order valence-electron chi connectivity index (χ3n) is 7.57. The molecule has 0 aromatic heterocycles. The molecular weight excluding hydrogens is 396 g/mol. The lowest BCUT2D eigenvalue weighted by molar-refractivity contribution is -0.279. The molecule has 4 heteroatoms. The van der Waals surface area contributed by atoms with Crippen molar-refractivity contribution in [2.24, 2.45) is 17.8 Å². The summed E-state index contributed by atoms with van der Waals surface area (Å²) >= 11 is 6.60. The molecule has 4 rings (SSSR count). The van der Waals surface area contributed by atoms with Crippen molar-refractivity contribution in [2.45, 2.75) is 58.8 Å². The fourth-order valence-corrected chi connectivity index (χ4v) is 5.40. The molecule has 2 aromatic rings. The minimum atomic E-state index is -0.694. The summed E-state index contributed by atoms with van der Waals surface area (Å²) in [7, 11) is 0. The number of hydrogen-bond acceptors (Lipinski definition) is 3. The van der Waals surface area contributed by atoms with Crippen molar-refractivity contribution in [2.75, 3.05) is 13.2 Å². The van der Waals surface area contributed by atoms with Crippen molar-refractivity contribution in [1.82, 2.24) is 0 Å². The molecular formula is C26H33ClO3. The molecule has 0 unspecified atom stereocenters. The van der Waals surface area contributed by atoms with E-state index in [1.165, 1.54) is 5.56 Å². The Morgan fingerprint density at radius 3 is 2.43 bits per heavy atom. The van der Waals surface area contributed by atoms with Crippen LogP contribution in [0.25, 0.3) is 0 Å². The van der Waals surface area contributed by atoms with Gasteiger partial charge in [-0.05, 0) is 67.0 Å². The largest absolute Gasteiger partial charge is 0.494 e. The van der Waals surface area contributed by atoms with Crippen molar-refractivity contribution in [3.8, 4) is 5.75 Å². The van der Waals surface area contributed by atoms with Gasteiger partial charge in [-0.1, -0.05) is 57.5 Å². The number of hydrogen-bond donors (Lipinski definition) is 0. The van der Waals surface area contributed by atoms with Crippen LogP contribution < -0.4 is 4.74 Å². The SMILES string of the molecule is CCOc1ccc(Cc2cc([C@]34OC[C@](CC)(O3)[C@@H](C)[C@H](C)[C@H]4C)ccc2Cl)cc1. The third-order valence-corrected chi connectivity index (χ3v) is 7.94. The minimum Gasteiger partial charge on any atom is -0.494 e. The first-order valence-corrected chi connectivity index (χ1v) is 11.6. The summed E-state index contributed by atoms with van der Waals surface area (Å²) in [6.45, 7) is 12.4. The summed E-state index contributed by atoms with van der Waals surface area (Å²) in [5.41, 5.74) is 3.16. The highest BCUT2D eigenvalue weighted by molar-refractivity contribution is 6.31. The number of rotatable bonds is 6. The fourth-order valence-electron chi connectivity index (χ4n) is 5.22. The number of benzene rings is 2. The van der Waals surface area contributed by atoms with E-state index in [2.05, 4.69) is 52.0 Å². The molecule has 0 radical (unpaired) electrons. The number of ether oxygens (including phenoxy) is 3. The Morgan fingerprint density at radius 2 is 1.77 bits per heavy atom. The van der Waals surface area contributed by atoms with Crippen LogP contribution in [0.15, 0.2) is 42.5 Å². The summed E-state index contributed by atoms with van der Waals surface area (Å²) in [6.07, 6.45) is 1.72. The first kappa shape index (κ1) is 21.7. The monoisotopic (exact) mass is 428 g/mol. The van der Waals surface area contributed by atoms with Crippen molar-refractivity contribution >= 4 is 11.6 Å². The first-order chi connectivity index (χ1) is 14.3. The molecule has 0 saturated carbocycles. The summed E-state index contributed by atoms with van der Waals surface area (Å²) in [5, 5.41) is 0.772. The van der Waals surface area contributed by atoms with Crippen LogP contribution in [0.5, 0.6) is 5.75 Å². The number of fused-ring (bicyclic) bond motifs is 2. The molecule has 5 atom stereocenters. The van der Waals surface area contributed by atoms with Crippen LogP contribution in [-0.4, -0.2) is 18.8 Å². The van der Waals surface area contributed by atoms with Gasteiger partial charge in [0.2, 0.25) is 0 Å². The molecule has 2 fully saturated rings. The van der Waals surface area contributed by atoms with Gasteiger partial charge in [0.05, 0.1) is 18.8 Å². The minimum absolute atomic E-state index is 0.208. The standard InChI is InChI=1S/C26H33ClO3/c1-6-25-16-29-26(30-25,19(5)17(3)18(25)4)22-10-13-24(27)21(15-22)14-20-8-11-23(12-9-20)28-7-2/h8-13,15,17-19H,6-7,14,16H2,1-5H3/t17-,18-,19+,25-,26+/m0/s1. The van der Waals surface area contributed by atoms with E-state index in [-0.39, 0.29) is 11.5 Å². The molecule has 0 spiro atoms. The van der Waals surface area contributed by atoms with Gasteiger partial charge in [0, 0.05) is 16.5 Å². The van der Waals surface area contributed by atoms with E-state index in [0.29, 0.717) is 25.0 Å². The van der Waals surface area contributed by atoms with Gasteiger partial charge in [-0.3, -0.25) is 0 Å². The smallest absolute Gasteiger partial charge is 0.198 e. The molecule has 0 amide bonds. The van der Waals surface area contributed by atoms with Gasteiger partial charge in [-0.25, -0.2) is 0 Å². The Hall–Kier alpha value is -1.55. The van der Waals surface area contributed by atoms with Crippen LogP contribution in [0.2, 0.25) is 5.02 Å². The predicted octanol–water partition coefficient (Wildman–Crippen LogP) is 6.60. The predicted molar refractivity (Wildman–Crippen MR) is 121 cm³/mol.